The van der Waals surface area contributed by atoms with Gasteiger partial charge in [0.1, 0.15) is 6.79 Å². The van der Waals surface area contributed by atoms with Gasteiger partial charge in [0.15, 0.2) is 4.34 Å². The molecule has 0 saturated carbocycles. The highest BCUT2D eigenvalue weighted by Crippen LogP contribution is 2.27. The van der Waals surface area contributed by atoms with Gasteiger partial charge in [0.2, 0.25) is 5.13 Å². The summed E-state index contributed by atoms with van der Waals surface area (Å²) >= 11 is 3.24. The van der Waals surface area contributed by atoms with Crippen LogP contribution in [0.5, 0.6) is 0 Å². The van der Waals surface area contributed by atoms with Crippen molar-refractivity contribution in [3.8, 4) is 0 Å². The van der Waals surface area contributed by atoms with Crippen LogP contribution in [0.2, 0.25) is 0 Å². The van der Waals surface area contributed by atoms with E-state index in [0.717, 1.165) is 28.3 Å². The lowest BCUT2D eigenvalue weighted by Crippen LogP contribution is -2.25. The van der Waals surface area contributed by atoms with E-state index >= 15 is 0 Å². The average molecular weight is 273 g/mol. The lowest BCUT2D eigenvalue weighted by Gasteiger charge is -2.21. The number of hydrogen-bond donors (Lipinski definition) is 1. The predicted octanol–water partition coefficient (Wildman–Crippen LogP) is 1.99. The Labute approximate surface area is 109 Å². The summed E-state index contributed by atoms with van der Waals surface area (Å²) in [6.07, 6.45) is 3.01. The third-order valence-electron chi connectivity index (χ3n) is 2.17. The van der Waals surface area contributed by atoms with Crippen molar-refractivity contribution in [1.29, 1.82) is 0 Å². The van der Waals surface area contributed by atoms with E-state index in [0.29, 0.717) is 13.3 Å². The SMILES string of the molecule is C=CCNc1nnc(SC[C@H]2CCOCO2)s1. The van der Waals surface area contributed by atoms with Gasteiger partial charge in [0.05, 0.1) is 12.7 Å². The smallest absolute Gasteiger partial charge is 0.206 e. The van der Waals surface area contributed by atoms with E-state index in [4.69, 9.17) is 9.47 Å². The number of anilines is 1. The molecule has 5 nitrogen and oxygen atoms in total. The molecule has 0 amide bonds. The zero-order chi connectivity index (χ0) is 11.9. The Balaban J connectivity index is 1.74. The molecule has 1 aliphatic heterocycles. The summed E-state index contributed by atoms with van der Waals surface area (Å²) in [7, 11) is 0. The van der Waals surface area contributed by atoms with Crippen molar-refractivity contribution in [2.75, 3.05) is 31.0 Å². The molecular formula is C10H15N3O2S2. The number of ether oxygens (including phenoxy) is 2. The van der Waals surface area contributed by atoms with Crippen molar-refractivity contribution in [3.63, 3.8) is 0 Å². The van der Waals surface area contributed by atoms with Crippen molar-refractivity contribution in [3.05, 3.63) is 12.7 Å². The summed E-state index contributed by atoms with van der Waals surface area (Å²) in [5, 5.41) is 12.1. The highest BCUT2D eigenvalue weighted by molar-refractivity contribution is 8.01. The van der Waals surface area contributed by atoms with Gasteiger partial charge in [-0.25, -0.2) is 0 Å². The Bertz CT molecular complexity index is 353. The van der Waals surface area contributed by atoms with Gasteiger partial charge in [-0.3, -0.25) is 0 Å². The number of nitrogens with zero attached hydrogens (tertiary/aromatic N) is 2. The largest absolute Gasteiger partial charge is 0.357 e. The predicted molar refractivity (Wildman–Crippen MR) is 69.6 cm³/mol. The van der Waals surface area contributed by atoms with Crippen LogP contribution in [-0.2, 0) is 9.47 Å². The van der Waals surface area contributed by atoms with E-state index in [-0.39, 0.29) is 6.10 Å². The second-order valence-corrected chi connectivity index (χ2v) is 5.70. The van der Waals surface area contributed by atoms with Gasteiger partial charge in [-0.2, -0.15) is 0 Å². The molecule has 0 aromatic carbocycles. The highest BCUT2D eigenvalue weighted by Gasteiger charge is 2.15. The molecule has 2 rings (SSSR count). The van der Waals surface area contributed by atoms with Crippen LogP contribution in [0.15, 0.2) is 17.0 Å². The fourth-order valence-electron chi connectivity index (χ4n) is 1.30. The Morgan fingerprint density at radius 2 is 2.53 bits per heavy atom. The second kappa shape index (κ2) is 6.95. The van der Waals surface area contributed by atoms with Crippen LogP contribution in [0, 0.1) is 0 Å². The van der Waals surface area contributed by atoms with Crippen LogP contribution in [0.25, 0.3) is 0 Å². The summed E-state index contributed by atoms with van der Waals surface area (Å²) in [4.78, 5) is 0. The quantitative estimate of drug-likeness (QED) is 0.632. The van der Waals surface area contributed by atoms with Crippen molar-refractivity contribution in [1.82, 2.24) is 10.2 Å². The molecule has 1 aliphatic rings. The van der Waals surface area contributed by atoms with Crippen molar-refractivity contribution >= 4 is 28.2 Å². The zero-order valence-corrected chi connectivity index (χ0v) is 11.1. The summed E-state index contributed by atoms with van der Waals surface area (Å²) in [6, 6.07) is 0. The molecule has 0 unspecified atom stereocenters. The molecule has 2 heterocycles. The van der Waals surface area contributed by atoms with Crippen LogP contribution < -0.4 is 5.32 Å². The average Bonchev–Trinajstić information content (AvgIpc) is 2.83. The fraction of sp³-hybridized carbons (Fsp3) is 0.600. The number of aromatic nitrogens is 2. The summed E-state index contributed by atoms with van der Waals surface area (Å²) in [5.41, 5.74) is 0. The first kappa shape index (κ1) is 12.8. The minimum atomic E-state index is 0.266. The topological polar surface area (TPSA) is 56.3 Å². The molecule has 0 radical (unpaired) electrons. The van der Waals surface area contributed by atoms with Crippen molar-refractivity contribution < 1.29 is 9.47 Å². The van der Waals surface area contributed by atoms with Gasteiger partial charge < -0.3 is 14.8 Å². The van der Waals surface area contributed by atoms with Gasteiger partial charge in [-0.1, -0.05) is 29.2 Å². The van der Waals surface area contributed by atoms with E-state index in [1.165, 1.54) is 0 Å². The summed E-state index contributed by atoms with van der Waals surface area (Å²) in [5.74, 6) is 0.902. The molecule has 1 N–H and O–H groups in total. The minimum absolute atomic E-state index is 0.266. The maximum Gasteiger partial charge on any atom is 0.206 e. The van der Waals surface area contributed by atoms with Gasteiger partial charge in [-0.15, -0.1) is 16.8 Å². The molecule has 1 fully saturated rings. The summed E-state index contributed by atoms with van der Waals surface area (Å²) < 4.78 is 11.5. The molecule has 1 atom stereocenters. The third-order valence-corrected chi connectivity index (χ3v) is 4.31. The molecule has 94 valence electrons. The van der Waals surface area contributed by atoms with Crippen molar-refractivity contribution in [2.45, 2.75) is 16.9 Å². The van der Waals surface area contributed by atoms with Crippen LogP contribution in [0.1, 0.15) is 6.42 Å². The number of nitrogens with one attached hydrogen (secondary N) is 1. The fourth-order valence-corrected chi connectivity index (χ4v) is 3.15. The lowest BCUT2D eigenvalue weighted by atomic mass is 10.3. The van der Waals surface area contributed by atoms with Crippen LogP contribution in [0.3, 0.4) is 0 Å². The first-order valence-corrected chi connectivity index (χ1v) is 7.19. The Morgan fingerprint density at radius 1 is 1.59 bits per heavy atom. The second-order valence-electron chi connectivity index (χ2n) is 3.46. The van der Waals surface area contributed by atoms with E-state index < -0.39 is 0 Å². The van der Waals surface area contributed by atoms with Crippen LogP contribution >= 0.6 is 23.1 Å². The van der Waals surface area contributed by atoms with Crippen LogP contribution in [0.4, 0.5) is 5.13 Å². The van der Waals surface area contributed by atoms with Gasteiger partial charge in [0.25, 0.3) is 0 Å². The van der Waals surface area contributed by atoms with E-state index in [1.807, 2.05) is 0 Å². The number of hydrogen-bond acceptors (Lipinski definition) is 7. The molecule has 0 aliphatic carbocycles. The standard InChI is InChI=1S/C10H15N3O2S2/c1-2-4-11-9-12-13-10(17-9)16-6-8-3-5-14-7-15-8/h2,8H,1,3-7H2,(H,11,12)/t8-/m1/s1. The minimum Gasteiger partial charge on any atom is -0.357 e. The lowest BCUT2D eigenvalue weighted by molar-refractivity contribution is -0.130. The number of rotatable bonds is 6. The van der Waals surface area contributed by atoms with E-state index in [2.05, 4.69) is 22.1 Å². The Hall–Kier alpha value is -0.630. The third kappa shape index (κ3) is 4.27. The van der Waals surface area contributed by atoms with E-state index in [1.54, 1.807) is 29.2 Å². The molecule has 0 spiro atoms. The first-order chi connectivity index (χ1) is 8.38. The first-order valence-electron chi connectivity index (χ1n) is 5.39. The molecule has 17 heavy (non-hydrogen) atoms. The monoisotopic (exact) mass is 273 g/mol. The number of thioether (sulfide) groups is 1. The van der Waals surface area contributed by atoms with Crippen molar-refractivity contribution in [2.24, 2.45) is 0 Å². The Kier molecular flexibility index (Phi) is 5.24. The molecule has 1 aromatic heterocycles. The normalized spacial score (nSPS) is 20.1. The molecule has 7 heteroatoms. The maximum absolute atomic E-state index is 5.46. The molecule has 1 saturated heterocycles. The van der Waals surface area contributed by atoms with Gasteiger partial charge in [-0.05, 0) is 6.42 Å². The Morgan fingerprint density at radius 3 is 3.29 bits per heavy atom. The molecule has 0 bridgehead atoms. The van der Waals surface area contributed by atoms with Crippen LogP contribution in [-0.4, -0.2) is 42.0 Å². The van der Waals surface area contributed by atoms with Gasteiger partial charge in [0, 0.05) is 12.3 Å². The highest BCUT2D eigenvalue weighted by atomic mass is 32.2. The molecular weight excluding hydrogens is 258 g/mol. The van der Waals surface area contributed by atoms with E-state index in [9.17, 15) is 0 Å². The van der Waals surface area contributed by atoms with Gasteiger partial charge >= 0.3 is 0 Å². The summed E-state index contributed by atoms with van der Waals surface area (Å²) in [6.45, 7) is 5.55. The molecule has 1 aromatic rings. The zero-order valence-electron chi connectivity index (χ0n) is 9.42. The maximum atomic E-state index is 5.46.